The molecule has 0 saturated heterocycles. The van der Waals surface area contributed by atoms with Gasteiger partial charge in [-0.3, -0.25) is 0 Å². The summed E-state index contributed by atoms with van der Waals surface area (Å²) in [6.07, 6.45) is -0.829. The molecule has 0 unspecified atom stereocenters. The largest absolute Gasteiger partial charge is 0.486 e. The van der Waals surface area contributed by atoms with E-state index in [2.05, 4.69) is 4.74 Å². The van der Waals surface area contributed by atoms with Gasteiger partial charge >= 0.3 is 11.9 Å². The zero-order chi connectivity index (χ0) is 24.1. The summed E-state index contributed by atoms with van der Waals surface area (Å²) in [7, 11) is 1.33. The van der Waals surface area contributed by atoms with Crippen LogP contribution in [0.4, 0.5) is 0 Å². The number of aliphatic hydroxyl groups excluding tert-OH is 2. The van der Waals surface area contributed by atoms with Gasteiger partial charge in [0.25, 0.3) is 0 Å². The van der Waals surface area contributed by atoms with Crippen LogP contribution in [0.1, 0.15) is 31.8 Å². The number of carbonyl (C=O) groups is 2. The fourth-order valence-corrected chi connectivity index (χ4v) is 3.36. The molecule has 10 heteroatoms. The molecule has 0 saturated carbocycles. The highest BCUT2D eigenvalue weighted by Gasteiger charge is 2.26. The molecule has 0 fully saturated rings. The van der Waals surface area contributed by atoms with Gasteiger partial charge in [-0.1, -0.05) is 0 Å². The molecule has 0 amide bonds. The fraction of sp³-hybridized carbons (Fsp3) is 0.391. The minimum atomic E-state index is -1.00. The van der Waals surface area contributed by atoms with Gasteiger partial charge in [0.05, 0.1) is 31.5 Å². The van der Waals surface area contributed by atoms with E-state index in [9.17, 15) is 9.59 Å². The number of aromatic carboxylic acids is 1. The predicted molar refractivity (Wildman–Crippen MR) is 115 cm³/mol. The second kappa shape index (κ2) is 10.4. The standard InChI is InChI=1S/C12H14O5.C11H12O5/c1-7-9(12(14)15-2)3-4-10-11(7)17-8(5-13)6-16-10;1-6-8(11(13)14)2-3-9-10(6)16-7(4-12)5-15-9/h3-4,8,13H,5-6H2,1-2H3;2-3,7,12H,4-5H2,1H3,(H,13,14)/t8-;7-/m00/s1. The van der Waals surface area contributed by atoms with E-state index in [1.165, 1.54) is 13.2 Å². The quantitative estimate of drug-likeness (QED) is 0.575. The molecule has 0 spiro atoms. The number of carboxylic acids is 1. The van der Waals surface area contributed by atoms with Gasteiger partial charge in [-0.2, -0.15) is 0 Å². The molecule has 10 nitrogen and oxygen atoms in total. The number of ether oxygens (including phenoxy) is 5. The van der Waals surface area contributed by atoms with Crippen LogP contribution in [0.5, 0.6) is 23.0 Å². The van der Waals surface area contributed by atoms with Crippen LogP contribution in [-0.4, -0.2) is 73.0 Å². The summed E-state index contributed by atoms with van der Waals surface area (Å²) < 4.78 is 26.5. The molecular weight excluding hydrogens is 436 g/mol. The molecule has 2 atom stereocenters. The molecular formula is C23H26O10. The monoisotopic (exact) mass is 462 g/mol. The van der Waals surface area contributed by atoms with E-state index in [-0.39, 0.29) is 25.4 Å². The minimum absolute atomic E-state index is 0.124. The summed E-state index contributed by atoms with van der Waals surface area (Å²) in [5, 5.41) is 26.9. The van der Waals surface area contributed by atoms with Crippen molar-refractivity contribution < 1.29 is 48.6 Å². The first-order valence-electron chi connectivity index (χ1n) is 10.2. The third kappa shape index (κ3) is 5.12. The lowest BCUT2D eigenvalue weighted by molar-refractivity contribution is 0.0443. The van der Waals surface area contributed by atoms with Crippen LogP contribution in [0.25, 0.3) is 0 Å². The van der Waals surface area contributed by atoms with Crippen molar-refractivity contribution in [1.82, 2.24) is 0 Å². The topological polar surface area (TPSA) is 141 Å². The van der Waals surface area contributed by atoms with Crippen molar-refractivity contribution in [3.8, 4) is 23.0 Å². The molecule has 4 rings (SSSR count). The number of hydrogen-bond acceptors (Lipinski definition) is 9. The summed E-state index contributed by atoms with van der Waals surface area (Å²) in [4.78, 5) is 22.4. The molecule has 0 radical (unpaired) electrons. The molecule has 2 heterocycles. The lowest BCUT2D eigenvalue weighted by Gasteiger charge is -2.27. The van der Waals surface area contributed by atoms with Crippen molar-refractivity contribution in [3.63, 3.8) is 0 Å². The van der Waals surface area contributed by atoms with Crippen molar-refractivity contribution in [1.29, 1.82) is 0 Å². The Hall–Kier alpha value is -3.50. The SMILES string of the molecule is COC(=O)c1ccc2c(c1C)O[C@@H](CO)CO2.Cc1c(C(=O)O)ccc2c1O[C@@H](CO)CO2. The van der Waals surface area contributed by atoms with Crippen molar-refractivity contribution >= 4 is 11.9 Å². The molecule has 33 heavy (non-hydrogen) atoms. The van der Waals surface area contributed by atoms with Crippen LogP contribution < -0.4 is 18.9 Å². The maximum Gasteiger partial charge on any atom is 0.338 e. The van der Waals surface area contributed by atoms with Gasteiger partial charge in [0.1, 0.15) is 13.2 Å². The first kappa shape index (κ1) is 24.1. The Bertz CT molecular complexity index is 1030. The average molecular weight is 462 g/mol. The van der Waals surface area contributed by atoms with E-state index >= 15 is 0 Å². The van der Waals surface area contributed by atoms with E-state index in [0.717, 1.165) is 0 Å². The molecule has 3 N–H and O–H groups in total. The number of benzene rings is 2. The van der Waals surface area contributed by atoms with Crippen LogP contribution in [0.3, 0.4) is 0 Å². The van der Waals surface area contributed by atoms with E-state index in [1.54, 1.807) is 32.0 Å². The minimum Gasteiger partial charge on any atom is -0.486 e. The lowest BCUT2D eigenvalue weighted by Crippen LogP contribution is -2.32. The molecule has 0 aromatic heterocycles. The van der Waals surface area contributed by atoms with Crippen molar-refractivity contribution in [3.05, 3.63) is 46.5 Å². The average Bonchev–Trinajstić information content (AvgIpc) is 2.84. The predicted octanol–water partition coefficient (Wildman–Crippen LogP) is 1.74. The molecule has 2 aliphatic rings. The van der Waals surface area contributed by atoms with Gasteiger partial charge < -0.3 is 39.0 Å². The zero-order valence-electron chi connectivity index (χ0n) is 18.5. The maximum atomic E-state index is 11.5. The van der Waals surface area contributed by atoms with Gasteiger partial charge in [-0.15, -0.1) is 0 Å². The number of hydrogen-bond donors (Lipinski definition) is 3. The molecule has 2 aliphatic heterocycles. The van der Waals surface area contributed by atoms with Gasteiger partial charge in [0.15, 0.2) is 35.2 Å². The normalized spacial score (nSPS) is 18.0. The fourth-order valence-electron chi connectivity index (χ4n) is 3.36. The number of esters is 1. The lowest BCUT2D eigenvalue weighted by atomic mass is 10.1. The van der Waals surface area contributed by atoms with Crippen LogP contribution >= 0.6 is 0 Å². The molecule has 178 valence electrons. The highest BCUT2D eigenvalue weighted by atomic mass is 16.6. The van der Waals surface area contributed by atoms with E-state index in [0.29, 0.717) is 46.3 Å². The van der Waals surface area contributed by atoms with Gasteiger partial charge in [0, 0.05) is 11.1 Å². The number of carbonyl (C=O) groups excluding carboxylic acids is 1. The number of methoxy groups -OCH3 is 1. The number of aliphatic hydroxyl groups is 2. The number of carboxylic acid groups (broad SMARTS) is 1. The van der Waals surface area contributed by atoms with E-state index in [1.807, 2.05) is 0 Å². The first-order chi connectivity index (χ1) is 15.8. The van der Waals surface area contributed by atoms with Crippen molar-refractivity contribution in [2.24, 2.45) is 0 Å². The summed E-state index contributed by atoms with van der Waals surface area (Å²) in [6, 6.07) is 6.36. The Morgan fingerprint density at radius 1 is 0.879 bits per heavy atom. The van der Waals surface area contributed by atoms with E-state index < -0.39 is 24.1 Å². The van der Waals surface area contributed by atoms with Gasteiger partial charge in [-0.25, -0.2) is 9.59 Å². The van der Waals surface area contributed by atoms with Gasteiger partial charge in [0.2, 0.25) is 0 Å². The molecule has 0 aliphatic carbocycles. The Morgan fingerprint density at radius 3 is 1.76 bits per heavy atom. The van der Waals surface area contributed by atoms with Crippen molar-refractivity contribution in [2.45, 2.75) is 26.1 Å². The summed E-state index contributed by atoms with van der Waals surface area (Å²) >= 11 is 0. The number of rotatable bonds is 4. The molecule has 2 aromatic carbocycles. The first-order valence-corrected chi connectivity index (χ1v) is 10.2. The number of fused-ring (bicyclic) bond motifs is 2. The zero-order valence-corrected chi connectivity index (χ0v) is 18.5. The van der Waals surface area contributed by atoms with Crippen LogP contribution in [0.15, 0.2) is 24.3 Å². The Kier molecular flexibility index (Phi) is 7.62. The maximum absolute atomic E-state index is 11.5. The smallest absolute Gasteiger partial charge is 0.338 e. The third-order valence-corrected chi connectivity index (χ3v) is 5.20. The summed E-state index contributed by atoms with van der Waals surface area (Å²) in [6.45, 7) is 3.72. The Balaban J connectivity index is 0.000000186. The highest BCUT2D eigenvalue weighted by molar-refractivity contribution is 5.92. The highest BCUT2D eigenvalue weighted by Crippen LogP contribution is 2.37. The Labute approximate surface area is 190 Å². The summed E-state index contributed by atoms with van der Waals surface area (Å²) in [5.74, 6) is 0.588. The van der Waals surface area contributed by atoms with Gasteiger partial charge in [-0.05, 0) is 38.1 Å². The Morgan fingerprint density at radius 2 is 1.33 bits per heavy atom. The molecule has 2 aromatic rings. The van der Waals surface area contributed by atoms with Crippen LogP contribution in [0.2, 0.25) is 0 Å². The summed E-state index contributed by atoms with van der Waals surface area (Å²) in [5.41, 5.74) is 1.80. The van der Waals surface area contributed by atoms with Crippen LogP contribution in [0, 0.1) is 13.8 Å². The second-order valence-electron chi connectivity index (χ2n) is 7.39. The second-order valence-corrected chi connectivity index (χ2v) is 7.39. The van der Waals surface area contributed by atoms with E-state index in [4.69, 9.17) is 34.3 Å². The molecule has 0 bridgehead atoms. The third-order valence-electron chi connectivity index (χ3n) is 5.20. The van der Waals surface area contributed by atoms with Crippen LogP contribution in [-0.2, 0) is 4.74 Å². The van der Waals surface area contributed by atoms with Crippen molar-refractivity contribution in [2.75, 3.05) is 33.5 Å².